The molecule has 0 unspecified atom stereocenters. The Kier molecular flexibility index (Phi) is 4.15. The largest absolute Gasteiger partial charge is 0.491 e. The van der Waals surface area contributed by atoms with Crippen molar-refractivity contribution in [2.45, 2.75) is 13.3 Å². The fourth-order valence-corrected chi connectivity index (χ4v) is 1.93. The van der Waals surface area contributed by atoms with Crippen molar-refractivity contribution in [1.29, 1.82) is 0 Å². The first kappa shape index (κ1) is 12.8. The molecule has 2 aromatic rings. The topological polar surface area (TPSA) is 39.2 Å². The molecule has 0 saturated carbocycles. The van der Waals surface area contributed by atoms with Crippen molar-refractivity contribution in [3.63, 3.8) is 0 Å². The Morgan fingerprint density at radius 2 is 2.22 bits per heavy atom. The maximum atomic E-state index is 11.8. The van der Waals surface area contributed by atoms with E-state index in [2.05, 4.69) is 4.98 Å². The van der Waals surface area contributed by atoms with Gasteiger partial charge in [0.25, 0.3) is 0 Å². The fourth-order valence-electron chi connectivity index (χ4n) is 1.79. The van der Waals surface area contributed by atoms with Gasteiger partial charge in [0.15, 0.2) is 5.78 Å². The van der Waals surface area contributed by atoms with Gasteiger partial charge >= 0.3 is 0 Å². The number of benzene rings is 1. The standard InChI is InChI=1S/C14H14ClNO2/c1-2-8-18-13-6-5-10(12(17)9-15)11-4-3-7-16-14(11)13/h3-7H,2,8-9H2,1H3. The smallest absolute Gasteiger partial charge is 0.178 e. The van der Waals surface area contributed by atoms with Crippen LogP contribution in [0.1, 0.15) is 23.7 Å². The van der Waals surface area contributed by atoms with Gasteiger partial charge in [-0.3, -0.25) is 9.78 Å². The summed E-state index contributed by atoms with van der Waals surface area (Å²) in [6.07, 6.45) is 2.62. The molecule has 94 valence electrons. The van der Waals surface area contributed by atoms with Gasteiger partial charge in [0.2, 0.25) is 0 Å². The van der Waals surface area contributed by atoms with Gasteiger partial charge in [0, 0.05) is 17.1 Å². The number of halogens is 1. The summed E-state index contributed by atoms with van der Waals surface area (Å²) in [7, 11) is 0. The molecule has 18 heavy (non-hydrogen) atoms. The van der Waals surface area contributed by atoms with Crippen LogP contribution in [-0.4, -0.2) is 23.3 Å². The normalized spacial score (nSPS) is 10.6. The van der Waals surface area contributed by atoms with E-state index in [1.54, 1.807) is 24.4 Å². The van der Waals surface area contributed by atoms with Crippen molar-refractivity contribution in [2.75, 3.05) is 12.5 Å². The number of carbonyl (C=O) groups excluding carboxylic acids is 1. The minimum Gasteiger partial charge on any atom is -0.491 e. The predicted molar refractivity (Wildman–Crippen MR) is 72.6 cm³/mol. The summed E-state index contributed by atoms with van der Waals surface area (Å²) in [4.78, 5) is 16.0. The monoisotopic (exact) mass is 263 g/mol. The number of hydrogen-bond donors (Lipinski definition) is 0. The number of pyridine rings is 1. The fraction of sp³-hybridized carbons (Fsp3) is 0.286. The minimum atomic E-state index is -0.100. The molecule has 4 heteroatoms. The zero-order chi connectivity index (χ0) is 13.0. The van der Waals surface area contributed by atoms with Crippen molar-refractivity contribution in [3.05, 3.63) is 36.0 Å². The van der Waals surface area contributed by atoms with Gasteiger partial charge in [0.05, 0.1) is 12.5 Å². The van der Waals surface area contributed by atoms with Crippen LogP contribution in [0.5, 0.6) is 5.75 Å². The Hall–Kier alpha value is -1.61. The lowest BCUT2D eigenvalue weighted by atomic mass is 10.0. The number of ketones is 1. The average molecular weight is 264 g/mol. The van der Waals surface area contributed by atoms with Crippen LogP contribution in [0.4, 0.5) is 0 Å². The van der Waals surface area contributed by atoms with Crippen molar-refractivity contribution < 1.29 is 9.53 Å². The number of Topliss-reactive ketones (excluding diaryl/α,β-unsaturated/α-hetero) is 1. The van der Waals surface area contributed by atoms with Crippen LogP contribution >= 0.6 is 11.6 Å². The lowest BCUT2D eigenvalue weighted by Crippen LogP contribution is -2.03. The highest BCUT2D eigenvalue weighted by atomic mass is 35.5. The number of ether oxygens (including phenoxy) is 1. The van der Waals surface area contributed by atoms with Crippen LogP contribution in [0.2, 0.25) is 0 Å². The quantitative estimate of drug-likeness (QED) is 0.613. The van der Waals surface area contributed by atoms with Gasteiger partial charge in [-0.1, -0.05) is 13.0 Å². The molecule has 0 amide bonds. The van der Waals surface area contributed by atoms with Crippen molar-refractivity contribution in [3.8, 4) is 5.75 Å². The van der Waals surface area contributed by atoms with Crippen LogP contribution in [0.15, 0.2) is 30.5 Å². The summed E-state index contributed by atoms with van der Waals surface area (Å²) in [6.45, 7) is 2.68. The van der Waals surface area contributed by atoms with E-state index in [1.807, 2.05) is 13.0 Å². The molecule has 3 nitrogen and oxygen atoms in total. The number of fused-ring (bicyclic) bond motifs is 1. The molecule has 0 spiro atoms. The van der Waals surface area contributed by atoms with E-state index in [9.17, 15) is 4.79 Å². The van der Waals surface area contributed by atoms with Gasteiger partial charge in [-0.05, 0) is 24.6 Å². The molecule has 0 bridgehead atoms. The third-order valence-corrected chi connectivity index (χ3v) is 2.86. The molecule has 0 fully saturated rings. The van der Waals surface area contributed by atoms with E-state index >= 15 is 0 Å². The molecule has 0 radical (unpaired) electrons. The molecule has 0 aliphatic heterocycles. The Morgan fingerprint density at radius 1 is 1.39 bits per heavy atom. The number of hydrogen-bond acceptors (Lipinski definition) is 3. The Bertz CT molecular complexity index is 569. The first-order chi connectivity index (χ1) is 8.77. The van der Waals surface area contributed by atoms with E-state index in [0.717, 1.165) is 11.8 Å². The summed E-state index contributed by atoms with van der Waals surface area (Å²) in [6, 6.07) is 7.20. The van der Waals surface area contributed by atoms with Crippen molar-refractivity contribution >= 4 is 28.3 Å². The molecule has 1 heterocycles. The van der Waals surface area contributed by atoms with E-state index in [0.29, 0.717) is 23.4 Å². The number of carbonyl (C=O) groups is 1. The molecule has 1 aromatic carbocycles. The van der Waals surface area contributed by atoms with Crippen LogP contribution < -0.4 is 4.74 Å². The van der Waals surface area contributed by atoms with Crippen LogP contribution in [0, 0.1) is 0 Å². The Morgan fingerprint density at radius 3 is 2.94 bits per heavy atom. The molecule has 0 aliphatic rings. The van der Waals surface area contributed by atoms with E-state index in [1.165, 1.54) is 0 Å². The van der Waals surface area contributed by atoms with Gasteiger partial charge in [-0.15, -0.1) is 11.6 Å². The zero-order valence-electron chi connectivity index (χ0n) is 10.1. The summed E-state index contributed by atoms with van der Waals surface area (Å²) in [5.74, 6) is 0.578. The second-order valence-electron chi connectivity index (χ2n) is 3.92. The molecular weight excluding hydrogens is 250 g/mol. The zero-order valence-corrected chi connectivity index (χ0v) is 10.9. The number of rotatable bonds is 5. The summed E-state index contributed by atoms with van der Waals surface area (Å²) in [5, 5.41) is 0.789. The SMILES string of the molecule is CCCOc1ccc(C(=O)CCl)c2cccnc12. The minimum absolute atomic E-state index is 0.0286. The van der Waals surface area contributed by atoms with Gasteiger partial charge in [0.1, 0.15) is 11.3 Å². The molecule has 0 saturated heterocycles. The maximum absolute atomic E-state index is 11.8. The summed E-state index contributed by atoms with van der Waals surface area (Å²) < 4.78 is 5.63. The molecular formula is C14H14ClNO2. The highest BCUT2D eigenvalue weighted by Gasteiger charge is 2.12. The third kappa shape index (κ3) is 2.46. The van der Waals surface area contributed by atoms with E-state index < -0.39 is 0 Å². The lowest BCUT2D eigenvalue weighted by Gasteiger charge is -2.10. The Balaban J connectivity index is 2.55. The third-order valence-electron chi connectivity index (χ3n) is 2.62. The molecule has 0 N–H and O–H groups in total. The maximum Gasteiger partial charge on any atom is 0.178 e. The lowest BCUT2D eigenvalue weighted by molar-refractivity contribution is 0.102. The molecule has 2 rings (SSSR count). The molecule has 1 aromatic heterocycles. The van der Waals surface area contributed by atoms with E-state index in [4.69, 9.17) is 16.3 Å². The van der Waals surface area contributed by atoms with E-state index in [-0.39, 0.29) is 11.7 Å². The van der Waals surface area contributed by atoms with Gasteiger partial charge in [-0.25, -0.2) is 0 Å². The second-order valence-corrected chi connectivity index (χ2v) is 4.18. The second kappa shape index (κ2) is 5.83. The van der Waals surface area contributed by atoms with Gasteiger partial charge in [-0.2, -0.15) is 0 Å². The number of alkyl halides is 1. The highest BCUT2D eigenvalue weighted by molar-refractivity contribution is 6.32. The van der Waals surface area contributed by atoms with Crippen molar-refractivity contribution in [1.82, 2.24) is 4.98 Å². The number of nitrogens with zero attached hydrogens (tertiary/aromatic N) is 1. The highest BCUT2D eigenvalue weighted by Crippen LogP contribution is 2.27. The summed E-state index contributed by atoms with van der Waals surface area (Å²) in [5.41, 5.74) is 1.30. The van der Waals surface area contributed by atoms with Crippen LogP contribution in [-0.2, 0) is 0 Å². The van der Waals surface area contributed by atoms with Crippen LogP contribution in [0.25, 0.3) is 10.9 Å². The van der Waals surface area contributed by atoms with Crippen molar-refractivity contribution in [2.24, 2.45) is 0 Å². The van der Waals surface area contributed by atoms with Crippen LogP contribution in [0.3, 0.4) is 0 Å². The number of aromatic nitrogens is 1. The molecule has 0 atom stereocenters. The Labute approximate surface area is 111 Å². The average Bonchev–Trinajstić information content (AvgIpc) is 2.43. The molecule has 0 aliphatic carbocycles. The first-order valence-electron chi connectivity index (χ1n) is 5.87. The summed E-state index contributed by atoms with van der Waals surface area (Å²) >= 11 is 5.61. The first-order valence-corrected chi connectivity index (χ1v) is 6.41. The predicted octanol–water partition coefficient (Wildman–Crippen LogP) is 3.45. The van der Waals surface area contributed by atoms with Gasteiger partial charge < -0.3 is 4.74 Å².